The zero-order chi connectivity index (χ0) is 45.9. The number of urea groups is 1. The smallest absolute Gasteiger partial charge is 0.338 e. The highest BCUT2D eigenvalue weighted by atomic mass is 16.5. The maximum atomic E-state index is 15.3. The van der Waals surface area contributed by atoms with Gasteiger partial charge in [0.15, 0.2) is 0 Å². The van der Waals surface area contributed by atoms with Gasteiger partial charge in [-0.25, -0.2) is 9.59 Å². The van der Waals surface area contributed by atoms with E-state index in [9.17, 15) is 19.6 Å². The Labute approximate surface area is 381 Å². The molecule has 4 amide bonds. The normalized spacial score (nSPS) is 14.2. The van der Waals surface area contributed by atoms with Crippen LogP contribution in [0.3, 0.4) is 0 Å². The number of carbonyl (C=O) groups excluding carboxylic acids is 4. The Morgan fingerprint density at radius 1 is 0.738 bits per heavy atom. The summed E-state index contributed by atoms with van der Waals surface area (Å²) in [5, 5.41) is 15.6. The molecule has 2 N–H and O–H groups in total. The summed E-state index contributed by atoms with van der Waals surface area (Å²) in [6.07, 6.45) is 0.159. The fourth-order valence-corrected chi connectivity index (χ4v) is 8.22. The highest BCUT2D eigenvalue weighted by molar-refractivity contribution is 5.95. The molecule has 328 valence electrons. The molecule has 0 saturated carbocycles. The summed E-state index contributed by atoms with van der Waals surface area (Å²) >= 11 is 0. The van der Waals surface area contributed by atoms with Crippen LogP contribution in [0.4, 0.5) is 4.79 Å². The number of carbonyl (C=O) groups is 4. The van der Waals surface area contributed by atoms with E-state index in [2.05, 4.69) is 16.7 Å². The Morgan fingerprint density at radius 2 is 1.28 bits per heavy atom. The minimum Gasteiger partial charge on any atom is -0.457 e. The molecule has 2 unspecified atom stereocenters. The molecule has 0 fully saturated rings. The molecule has 6 aromatic rings. The van der Waals surface area contributed by atoms with Gasteiger partial charge in [-0.05, 0) is 85.2 Å². The van der Waals surface area contributed by atoms with Crippen LogP contribution in [0.15, 0.2) is 181 Å². The van der Waals surface area contributed by atoms with Crippen molar-refractivity contribution >= 4 is 23.8 Å². The van der Waals surface area contributed by atoms with Crippen molar-refractivity contribution in [2.75, 3.05) is 6.54 Å². The number of esters is 1. The molecular formula is C55H53N5O5. The second-order valence-corrected chi connectivity index (χ2v) is 17.1. The second-order valence-electron chi connectivity index (χ2n) is 17.1. The number of nitrogens with zero attached hydrogens (tertiary/aromatic N) is 3. The van der Waals surface area contributed by atoms with Crippen LogP contribution < -0.4 is 10.6 Å². The summed E-state index contributed by atoms with van der Waals surface area (Å²) in [6, 6.07) is 52.2. The van der Waals surface area contributed by atoms with Crippen molar-refractivity contribution in [3.05, 3.63) is 215 Å². The topological polar surface area (TPSA) is 132 Å². The lowest BCUT2D eigenvalue weighted by Gasteiger charge is -2.40. The van der Waals surface area contributed by atoms with Gasteiger partial charge < -0.3 is 20.3 Å². The van der Waals surface area contributed by atoms with Crippen molar-refractivity contribution in [2.24, 2.45) is 0 Å². The Morgan fingerprint density at radius 3 is 1.83 bits per heavy atom. The Kier molecular flexibility index (Phi) is 14.3. The van der Waals surface area contributed by atoms with Crippen molar-refractivity contribution in [3.63, 3.8) is 0 Å². The van der Waals surface area contributed by atoms with Crippen LogP contribution in [0.5, 0.6) is 0 Å². The van der Waals surface area contributed by atoms with Gasteiger partial charge in [0.05, 0.1) is 29.3 Å². The zero-order valence-electron chi connectivity index (χ0n) is 37.1. The predicted molar refractivity (Wildman–Crippen MR) is 251 cm³/mol. The molecule has 6 aromatic carbocycles. The van der Waals surface area contributed by atoms with E-state index in [-0.39, 0.29) is 43.4 Å². The summed E-state index contributed by atoms with van der Waals surface area (Å²) in [6.45, 7) is 7.55. The highest BCUT2D eigenvalue weighted by Crippen LogP contribution is 2.38. The number of ether oxygens (including phenoxy) is 1. The molecule has 0 spiro atoms. The first kappa shape index (κ1) is 45.3. The van der Waals surface area contributed by atoms with Crippen LogP contribution in [0.1, 0.15) is 92.0 Å². The molecule has 0 radical (unpaired) electrons. The molecule has 1 aliphatic rings. The SMILES string of the molecule is CC1=C(C(=O)OCc2ccccc2)C(c2ccc(C#N)cc2)NC(=O)N1CCCC(=O)N(C(C(=O)NC(C)(C)C)c1ccc(-c2ccccc2)cc1)C(c1ccccc1)c1ccccc1. The van der Waals surface area contributed by atoms with E-state index in [1.54, 1.807) is 36.1 Å². The van der Waals surface area contributed by atoms with E-state index >= 15 is 4.79 Å². The number of amides is 4. The van der Waals surface area contributed by atoms with Crippen LogP contribution in [-0.2, 0) is 25.7 Å². The lowest BCUT2D eigenvalue weighted by Crippen LogP contribution is -2.50. The average molecular weight is 864 g/mol. The van der Waals surface area contributed by atoms with E-state index in [0.29, 0.717) is 22.4 Å². The molecule has 1 aliphatic heterocycles. The molecule has 65 heavy (non-hydrogen) atoms. The molecule has 10 nitrogen and oxygen atoms in total. The van der Waals surface area contributed by atoms with Gasteiger partial charge in [-0.3, -0.25) is 14.5 Å². The van der Waals surface area contributed by atoms with Gasteiger partial charge in [0.25, 0.3) is 0 Å². The maximum absolute atomic E-state index is 15.3. The van der Waals surface area contributed by atoms with E-state index in [0.717, 1.165) is 27.8 Å². The molecule has 10 heteroatoms. The van der Waals surface area contributed by atoms with Crippen LogP contribution in [0.2, 0.25) is 0 Å². The quantitative estimate of drug-likeness (QED) is 0.0989. The van der Waals surface area contributed by atoms with Crippen LogP contribution in [0.25, 0.3) is 11.1 Å². The molecule has 7 rings (SSSR count). The number of hydrogen-bond donors (Lipinski definition) is 2. The van der Waals surface area contributed by atoms with Crippen molar-refractivity contribution in [1.29, 1.82) is 5.26 Å². The summed E-state index contributed by atoms with van der Waals surface area (Å²) in [7, 11) is 0. The molecule has 0 aromatic heterocycles. The highest BCUT2D eigenvalue weighted by Gasteiger charge is 2.40. The summed E-state index contributed by atoms with van der Waals surface area (Å²) in [4.78, 5) is 61.3. The lowest BCUT2D eigenvalue weighted by molar-refractivity contribution is -0.143. The third-order valence-corrected chi connectivity index (χ3v) is 11.3. The minimum absolute atomic E-state index is 0.0256. The maximum Gasteiger partial charge on any atom is 0.338 e. The number of allylic oxidation sites excluding steroid dienone is 1. The second kappa shape index (κ2) is 20.6. The molecule has 1 heterocycles. The van der Waals surface area contributed by atoms with Crippen molar-refractivity contribution < 1.29 is 23.9 Å². The van der Waals surface area contributed by atoms with Crippen molar-refractivity contribution in [2.45, 2.75) is 70.8 Å². The first-order chi connectivity index (χ1) is 31.4. The van der Waals surface area contributed by atoms with Crippen molar-refractivity contribution in [3.8, 4) is 17.2 Å². The van der Waals surface area contributed by atoms with Crippen LogP contribution >= 0.6 is 0 Å². The number of nitriles is 1. The number of benzene rings is 6. The molecule has 2 atom stereocenters. The van der Waals surface area contributed by atoms with Gasteiger partial charge in [0, 0.05) is 24.2 Å². The molecule has 0 aliphatic carbocycles. The van der Waals surface area contributed by atoms with Crippen LogP contribution in [-0.4, -0.2) is 45.7 Å². The van der Waals surface area contributed by atoms with Gasteiger partial charge in [-0.1, -0.05) is 158 Å². The third-order valence-electron chi connectivity index (χ3n) is 11.3. The van der Waals surface area contributed by atoms with Gasteiger partial charge in [-0.15, -0.1) is 0 Å². The number of hydrogen-bond acceptors (Lipinski definition) is 6. The van der Waals surface area contributed by atoms with Crippen LogP contribution in [0, 0.1) is 11.3 Å². The number of nitrogens with one attached hydrogen (secondary N) is 2. The Bertz CT molecular complexity index is 2620. The lowest BCUT2D eigenvalue weighted by atomic mass is 9.91. The summed E-state index contributed by atoms with van der Waals surface area (Å²) in [5.41, 5.74) is 6.14. The Balaban J connectivity index is 1.25. The summed E-state index contributed by atoms with van der Waals surface area (Å²) in [5.74, 6) is -1.25. The minimum atomic E-state index is -1.06. The first-order valence-electron chi connectivity index (χ1n) is 21.8. The monoisotopic (exact) mass is 863 g/mol. The zero-order valence-corrected chi connectivity index (χ0v) is 37.1. The van der Waals surface area contributed by atoms with Gasteiger partial charge in [0.2, 0.25) is 11.8 Å². The van der Waals surface area contributed by atoms with Gasteiger partial charge in [-0.2, -0.15) is 5.26 Å². The van der Waals surface area contributed by atoms with E-state index in [1.165, 1.54) is 4.90 Å². The van der Waals surface area contributed by atoms with Gasteiger partial charge in [0.1, 0.15) is 12.6 Å². The predicted octanol–water partition coefficient (Wildman–Crippen LogP) is 10.4. The Hall–Kier alpha value is -7.77. The standard InChI is InChI=1S/C55H53N5O5/c1-38-48(53(63)65-37-40-18-9-5-10-19-40)49(43-29-27-39(36-56)28-30-43)57-54(64)59(38)35-17-26-47(61)60(50(44-22-13-7-14-23-44)45-24-15-8-16-25-45)51(52(62)58-55(2,3)4)46-33-31-42(32-34-46)41-20-11-6-12-21-41/h5-16,18-25,27-34,49-51H,17,26,35,37H2,1-4H3,(H,57,64)(H,58,62). The largest absolute Gasteiger partial charge is 0.457 e. The molecule has 0 saturated heterocycles. The fourth-order valence-electron chi connectivity index (χ4n) is 8.22. The average Bonchev–Trinajstić information content (AvgIpc) is 3.32. The molecule has 0 bridgehead atoms. The first-order valence-corrected chi connectivity index (χ1v) is 21.8. The van der Waals surface area contributed by atoms with E-state index < -0.39 is 35.7 Å². The number of rotatable bonds is 15. The molecular weight excluding hydrogens is 811 g/mol. The van der Waals surface area contributed by atoms with E-state index in [4.69, 9.17) is 4.74 Å². The van der Waals surface area contributed by atoms with Gasteiger partial charge >= 0.3 is 12.0 Å². The fraction of sp³-hybridized carbons (Fsp3) is 0.218. The van der Waals surface area contributed by atoms with E-state index in [1.807, 2.05) is 166 Å². The van der Waals surface area contributed by atoms with Crippen molar-refractivity contribution in [1.82, 2.24) is 20.4 Å². The third kappa shape index (κ3) is 11.1. The summed E-state index contributed by atoms with van der Waals surface area (Å²) < 4.78 is 5.83.